The van der Waals surface area contributed by atoms with Crippen molar-refractivity contribution in [2.75, 3.05) is 19.7 Å². The molecule has 0 saturated carbocycles. The van der Waals surface area contributed by atoms with Gasteiger partial charge in [0, 0.05) is 19.6 Å². The Kier molecular flexibility index (Phi) is 5.74. The molecule has 1 atom stereocenters. The largest absolute Gasteiger partial charge is 0.393 e. The summed E-state index contributed by atoms with van der Waals surface area (Å²) < 4.78 is 26.9. The van der Waals surface area contributed by atoms with E-state index in [2.05, 4.69) is 4.72 Å². The Labute approximate surface area is 136 Å². The lowest BCUT2D eigenvalue weighted by molar-refractivity contribution is -0.135. The molecule has 0 radical (unpaired) electrons. The number of aliphatic hydroxyl groups is 2. The summed E-state index contributed by atoms with van der Waals surface area (Å²) in [4.78, 5) is 13.3. The maximum absolute atomic E-state index is 12.2. The molecule has 1 aromatic carbocycles. The highest BCUT2D eigenvalue weighted by Crippen LogP contribution is 2.22. The fourth-order valence-electron chi connectivity index (χ4n) is 2.49. The van der Waals surface area contributed by atoms with E-state index in [-0.39, 0.29) is 17.3 Å². The van der Waals surface area contributed by atoms with E-state index >= 15 is 0 Å². The zero-order valence-electron chi connectivity index (χ0n) is 13.0. The monoisotopic (exact) mass is 342 g/mol. The molecule has 1 heterocycles. The van der Waals surface area contributed by atoms with Crippen molar-refractivity contribution in [3.8, 4) is 0 Å². The number of fused-ring (bicyclic) bond motifs is 1. The van der Waals surface area contributed by atoms with Gasteiger partial charge in [-0.25, -0.2) is 13.1 Å². The summed E-state index contributed by atoms with van der Waals surface area (Å²) >= 11 is 0. The van der Waals surface area contributed by atoms with Crippen LogP contribution in [0, 0.1) is 0 Å². The van der Waals surface area contributed by atoms with Gasteiger partial charge in [0.2, 0.25) is 15.9 Å². The molecule has 1 aromatic rings. The number of sulfonamides is 1. The number of nitrogens with one attached hydrogen (secondary N) is 1. The van der Waals surface area contributed by atoms with Gasteiger partial charge in [-0.2, -0.15) is 0 Å². The highest BCUT2D eigenvalue weighted by Gasteiger charge is 2.22. The molecule has 1 unspecified atom stereocenters. The van der Waals surface area contributed by atoms with Gasteiger partial charge in [0.1, 0.15) is 6.61 Å². The van der Waals surface area contributed by atoms with Crippen molar-refractivity contribution in [2.45, 2.75) is 37.3 Å². The van der Waals surface area contributed by atoms with Crippen LogP contribution in [-0.2, 0) is 27.8 Å². The smallest absolute Gasteiger partial charge is 0.248 e. The van der Waals surface area contributed by atoms with Gasteiger partial charge in [0.15, 0.2) is 0 Å². The van der Waals surface area contributed by atoms with Gasteiger partial charge < -0.3 is 15.1 Å². The number of hydrogen-bond donors (Lipinski definition) is 3. The summed E-state index contributed by atoms with van der Waals surface area (Å²) in [5.41, 5.74) is 1.78. The average molecular weight is 342 g/mol. The van der Waals surface area contributed by atoms with E-state index in [1.165, 1.54) is 6.07 Å². The van der Waals surface area contributed by atoms with E-state index < -0.39 is 22.7 Å². The minimum atomic E-state index is -3.61. The average Bonchev–Trinajstić information content (AvgIpc) is 2.52. The Balaban J connectivity index is 2.11. The van der Waals surface area contributed by atoms with Crippen LogP contribution >= 0.6 is 0 Å². The van der Waals surface area contributed by atoms with Crippen molar-refractivity contribution in [3.05, 3.63) is 29.3 Å². The number of benzene rings is 1. The Morgan fingerprint density at radius 3 is 2.78 bits per heavy atom. The quantitative estimate of drug-likeness (QED) is 0.653. The fourth-order valence-corrected chi connectivity index (χ4v) is 3.59. The lowest BCUT2D eigenvalue weighted by Crippen LogP contribution is -2.37. The third kappa shape index (κ3) is 4.51. The molecule has 1 amide bonds. The second-order valence-electron chi connectivity index (χ2n) is 5.69. The van der Waals surface area contributed by atoms with Gasteiger partial charge in [-0.3, -0.25) is 4.79 Å². The minimum Gasteiger partial charge on any atom is -0.393 e. The van der Waals surface area contributed by atoms with Crippen LogP contribution in [0.1, 0.15) is 24.5 Å². The van der Waals surface area contributed by atoms with E-state index in [1.807, 2.05) is 0 Å². The molecule has 0 aromatic heterocycles. The Hall–Kier alpha value is -1.48. The standard InChI is InChI=1S/C15H22N2O5S/c1-11(19)4-6-16-23(21,22)14-3-2-13-9-17(15(20)10-18)7-5-12(13)8-14/h2-3,8,11,16,18-19H,4-7,9-10H2,1H3. The number of amides is 1. The first-order chi connectivity index (χ1) is 10.8. The van der Waals surface area contributed by atoms with Crippen LogP contribution in [0.4, 0.5) is 0 Å². The molecule has 23 heavy (non-hydrogen) atoms. The van der Waals surface area contributed by atoms with E-state index in [1.54, 1.807) is 24.0 Å². The minimum absolute atomic E-state index is 0.176. The van der Waals surface area contributed by atoms with Crippen molar-refractivity contribution >= 4 is 15.9 Å². The van der Waals surface area contributed by atoms with Crippen molar-refractivity contribution in [1.82, 2.24) is 9.62 Å². The van der Waals surface area contributed by atoms with E-state index in [9.17, 15) is 18.3 Å². The third-order valence-electron chi connectivity index (χ3n) is 3.84. The van der Waals surface area contributed by atoms with Crippen molar-refractivity contribution in [3.63, 3.8) is 0 Å². The van der Waals surface area contributed by atoms with E-state index in [0.717, 1.165) is 11.1 Å². The molecule has 3 N–H and O–H groups in total. The molecule has 128 valence electrons. The maximum atomic E-state index is 12.2. The van der Waals surface area contributed by atoms with Gasteiger partial charge in [-0.1, -0.05) is 6.07 Å². The highest BCUT2D eigenvalue weighted by atomic mass is 32.2. The predicted molar refractivity (Wildman–Crippen MR) is 84.1 cm³/mol. The van der Waals surface area contributed by atoms with Gasteiger partial charge in [0.25, 0.3) is 0 Å². The molecule has 0 bridgehead atoms. The molecule has 1 aliphatic rings. The molecule has 0 spiro atoms. The second-order valence-corrected chi connectivity index (χ2v) is 7.46. The molecule has 7 nitrogen and oxygen atoms in total. The van der Waals surface area contributed by atoms with Crippen LogP contribution in [0.15, 0.2) is 23.1 Å². The Bertz CT molecular complexity index is 672. The number of hydrogen-bond acceptors (Lipinski definition) is 5. The van der Waals surface area contributed by atoms with Gasteiger partial charge in [-0.05, 0) is 43.0 Å². The number of rotatable bonds is 6. The highest BCUT2D eigenvalue weighted by molar-refractivity contribution is 7.89. The topological polar surface area (TPSA) is 107 Å². The van der Waals surface area contributed by atoms with E-state index in [0.29, 0.717) is 25.9 Å². The van der Waals surface area contributed by atoms with E-state index in [4.69, 9.17) is 5.11 Å². The van der Waals surface area contributed by atoms with Crippen LogP contribution in [0.3, 0.4) is 0 Å². The first-order valence-electron chi connectivity index (χ1n) is 7.51. The van der Waals surface area contributed by atoms with Crippen LogP contribution in [0.2, 0.25) is 0 Å². The first-order valence-corrected chi connectivity index (χ1v) is 9.00. The first kappa shape index (κ1) is 17.9. The Morgan fingerprint density at radius 2 is 2.13 bits per heavy atom. The molecular weight excluding hydrogens is 320 g/mol. The zero-order valence-corrected chi connectivity index (χ0v) is 13.8. The molecule has 1 aliphatic heterocycles. The summed E-state index contributed by atoms with van der Waals surface area (Å²) in [5.74, 6) is -0.327. The fraction of sp³-hybridized carbons (Fsp3) is 0.533. The summed E-state index contributed by atoms with van der Waals surface area (Å²) in [6, 6.07) is 4.84. The van der Waals surface area contributed by atoms with Gasteiger partial charge >= 0.3 is 0 Å². The third-order valence-corrected chi connectivity index (χ3v) is 5.30. The van der Waals surface area contributed by atoms with Crippen molar-refractivity contribution in [2.24, 2.45) is 0 Å². The van der Waals surface area contributed by atoms with Crippen LogP contribution in [0.25, 0.3) is 0 Å². The summed E-state index contributed by atoms with van der Waals surface area (Å²) in [6.45, 7) is 2.10. The molecule has 0 saturated heterocycles. The second kappa shape index (κ2) is 7.39. The van der Waals surface area contributed by atoms with Crippen LogP contribution < -0.4 is 4.72 Å². The number of carbonyl (C=O) groups excluding carboxylic acids is 1. The van der Waals surface area contributed by atoms with Gasteiger partial charge in [0.05, 0.1) is 11.0 Å². The lowest BCUT2D eigenvalue weighted by atomic mass is 10.00. The SMILES string of the molecule is CC(O)CCNS(=O)(=O)c1ccc2c(c1)CCN(C(=O)CO)C2. The summed E-state index contributed by atoms with van der Waals surface area (Å²) in [6.07, 6.45) is 0.344. The molecule has 8 heteroatoms. The van der Waals surface area contributed by atoms with Crippen molar-refractivity contribution in [1.29, 1.82) is 0 Å². The lowest BCUT2D eigenvalue weighted by Gasteiger charge is -2.28. The normalized spacial score (nSPS) is 16.0. The summed E-state index contributed by atoms with van der Waals surface area (Å²) in [7, 11) is -3.61. The molecule has 2 rings (SSSR count). The Morgan fingerprint density at radius 1 is 1.39 bits per heavy atom. The van der Waals surface area contributed by atoms with Crippen LogP contribution in [0.5, 0.6) is 0 Å². The number of carbonyl (C=O) groups is 1. The summed E-state index contributed by atoms with van der Waals surface area (Å²) in [5, 5.41) is 18.1. The van der Waals surface area contributed by atoms with Gasteiger partial charge in [-0.15, -0.1) is 0 Å². The molecule has 0 fully saturated rings. The predicted octanol–water partition coefficient (Wildman–Crippen LogP) is -0.387. The molecule has 0 aliphatic carbocycles. The van der Waals surface area contributed by atoms with Crippen LogP contribution in [-0.4, -0.2) is 55.2 Å². The maximum Gasteiger partial charge on any atom is 0.248 e. The number of aliphatic hydroxyl groups excluding tert-OH is 2. The molecular formula is C15H22N2O5S. The number of nitrogens with zero attached hydrogens (tertiary/aromatic N) is 1. The van der Waals surface area contributed by atoms with Crippen molar-refractivity contribution < 1.29 is 23.4 Å². The zero-order chi connectivity index (χ0) is 17.0.